The van der Waals surface area contributed by atoms with Gasteiger partial charge in [0.15, 0.2) is 5.16 Å². The summed E-state index contributed by atoms with van der Waals surface area (Å²) in [6.07, 6.45) is 3.80. The lowest BCUT2D eigenvalue weighted by molar-refractivity contribution is 0.306. The van der Waals surface area contributed by atoms with Crippen molar-refractivity contribution in [3.05, 3.63) is 17.0 Å². The molecule has 0 saturated heterocycles. The Morgan fingerprint density at radius 2 is 1.79 bits per heavy atom. The van der Waals surface area contributed by atoms with Gasteiger partial charge in [-0.1, -0.05) is 25.1 Å². The summed E-state index contributed by atoms with van der Waals surface area (Å²) in [6, 6.07) is 0. The number of hydrogen-bond donors (Lipinski definition) is 1. The number of nitrogens with two attached hydrogens (primary N) is 1. The van der Waals surface area contributed by atoms with Crippen LogP contribution in [0.1, 0.15) is 43.1 Å². The molecule has 3 nitrogen and oxygen atoms in total. The van der Waals surface area contributed by atoms with Gasteiger partial charge < -0.3 is 5.73 Å². The summed E-state index contributed by atoms with van der Waals surface area (Å²) in [5.41, 5.74) is 9.33. The fourth-order valence-electron chi connectivity index (χ4n) is 2.73. The van der Waals surface area contributed by atoms with Gasteiger partial charge in [-0.15, -0.1) is 0 Å². The Kier molecular flexibility index (Phi) is 4.85. The van der Waals surface area contributed by atoms with Gasteiger partial charge in [0.1, 0.15) is 0 Å². The molecule has 1 heterocycles. The van der Waals surface area contributed by atoms with Crippen LogP contribution in [0.15, 0.2) is 5.16 Å². The first-order valence-corrected chi connectivity index (χ1v) is 8.07. The molecule has 4 heteroatoms. The molecule has 3 atom stereocenters. The van der Waals surface area contributed by atoms with Crippen molar-refractivity contribution in [1.29, 1.82) is 0 Å². The fraction of sp³-hybridized carbons (Fsp3) is 0.733. The standard InChI is InChI=1S/C15H25N3S/c1-9-5-6-13(8-16)14(7-9)19-15-17-11(3)10(2)12(4)18-15/h9,13-14H,5-8,16H2,1-4H3. The van der Waals surface area contributed by atoms with Crippen LogP contribution in [0.2, 0.25) is 0 Å². The van der Waals surface area contributed by atoms with E-state index in [-0.39, 0.29) is 0 Å². The third-order valence-electron chi connectivity index (χ3n) is 4.36. The minimum absolute atomic E-state index is 0.579. The molecule has 1 saturated carbocycles. The average Bonchev–Trinajstić information content (AvgIpc) is 2.36. The van der Waals surface area contributed by atoms with Crippen LogP contribution in [-0.2, 0) is 0 Å². The summed E-state index contributed by atoms with van der Waals surface area (Å²) in [4.78, 5) is 9.26. The van der Waals surface area contributed by atoms with Gasteiger partial charge >= 0.3 is 0 Å². The third-order valence-corrected chi connectivity index (χ3v) is 5.64. The Balaban J connectivity index is 2.14. The number of hydrogen-bond acceptors (Lipinski definition) is 4. The van der Waals surface area contributed by atoms with Crippen LogP contribution in [-0.4, -0.2) is 21.8 Å². The van der Waals surface area contributed by atoms with Gasteiger partial charge in [0.25, 0.3) is 0 Å². The van der Waals surface area contributed by atoms with Crippen molar-refractivity contribution in [2.75, 3.05) is 6.54 Å². The summed E-state index contributed by atoms with van der Waals surface area (Å²) in [5.74, 6) is 1.42. The molecule has 2 N–H and O–H groups in total. The highest BCUT2D eigenvalue weighted by molar-refractivity contribution is 7.99. The molecule has 1 aromatic heterocycles. The van der Waals surface area contributed by atoms with Crippen molar-refractivity contribution in [2.45, 2.75) is 57.4 Å². The molecule has 1 aromatic rings. The Bertz CT molecular complexity index is 424. The van der Waals surface area contributed by atoms with Gasteiger partial charge in [-0.05, 0) is 57.6 Å². The monoisotopic (exact) mass is 279 g/mol. The van der Waals surface area contributed by atoms with Gasteiger partial charge in [-0.3, -0.25) is 0 Å². The molecule has 0 radical (unpaired) electrons. The average molecular weight is 279 g/mol. The SMILES string of the molecule is Cc1nc(SC2CC(C)CCC2CN)nc(C)c1C. The Morgan fingerprint density at radius 3 is 2.37 bits per heavy atom. The van der Waals surface area contributed by atoms with E-state index in [4.69, 9.17) is 5.73 Å². The van der Waals surface area contributed by atoms with Crippen LogP contribution in [0, 0.1) is 32.6 Å². The molecule has 1 aliphatic carbocycles. The highest BCUT2D eigenvalue weighted by atomic mass is 32.2. The zero-order chi connectivity index (χ0) is 14.0. The number of nitrogens with zero attached hydrogens (tertiary/aromatic N) is 2. The van der Waals surface area contributed by atoms with Gasteiger partial charge in [0.05, 0.1) is 0 Å². The Hall–Kier alpha value is -0.610. The first-order chi connectivity index (χ1) is 9.01. The maximum atomic E-state index is 5.92. The van der Waals surface area contributed by atoms with Crippen molar-refractivity contribution >= 4 is 11.8 Å². The van der Waals surface area contributed by atoms with E-state index in [0.717, 1.165) is 29.0 Å². The van der Waals surface area contributed by atoms with E-state index in [1.807, 2.05) is 11.8 Å². The summed E-state index contributed by atoms with van der Waals surface area (Å²) in [6.45, 7) is 9.35. The first kappa shape index (κ1) is 14.8. The van der Waals surface area contributed by atoms with Crippen molar-refractivity contribution in [2.24, 2.45) is 17.6 Å². The molecule has 3 unspecified atom stereocenters. The molecule has 1 fully saturated rings. The fourth-order valence-corrected chi connectivity index (χ4v) is 4.25. The quantitative estimate of drug-likeness (QED) is 0.863. The molecule has 106 valence electrons. The van der Waals surface area contributed by atoms with Crippen LogP contribution >= 0.6 is 11.8 Å². The topological polar surface area (TPSA) is 51.8 Å². The summed E-state index contributed by atoms with van der Waals surface area (Å²) < 4.78 is 0. The Labute approximate surface area is 120 Å². The van der Waals surface area contributed by atoms with Gasteiger partial charge in [-0.25, -0.2) is 9.97 Å². The maximum Gasteiger partial charge on any atom is 0.188 e. The molecule has 0 spiro atoms. The minimum atomic E-state index is 0.579. The predicted octanol–water partition coefficient (Wildman–Crippen LogP) is 3.26. The summed E-state index contributed by atoms with van der Waals surface area (Å²) in [5, 5.41) is 1.51. The normalized spacial score (nSPS) is 27.5. The lowest BCUT2D eigenvalue weighted by Crippen LogP contribution is -2.31. The second-order valence-corrected chi connectivity index (χ2v) is 7.08. The second-order valence-electron chi connectivity index (χ2n) is 5.87. The van der Waals surface area contributed by atoms with E-state index < -0.39 is 0 Å². The van der Waals surface area contributed by atoms with Crippen molar-refractivity contribution in [3.8, 4) is 0 Å². The van der Waals surface area contributed by atoms with E-state index in [2.05, 4.69) is 37.7 Å². The second kappa shape index (κ2) is 6.23. The largest absolute Gasteiger partial charge is 0.330 e. The van der Waals surface area contributed by atoms with Crippen molar-refractivity contribution in [1.82, 2.24) is 9.97 Å². The molecule has 0 aromatic carbocycles. The molecule has 19 heavy (non-hydrogen) atoms. The van der Waals surface area contributed by atoms with Gasteiger partial charge in [0, 0.05) is 16.6 Å². The van der Waals surface area contributed by atoms with E-state index in [1.54, 1.807) is 0 Å². The lowest BCUT2D eigenvalue weighted by atomic mass is 9.82. The number of rotatable bonds is 3. The first-order valence-electron chi connectivity index (χ1n) is 7.19. The van der Waals surface area contributed by atoms with E-state index in [9.17, 15) is 0 Å². The van der Waals surface area contributed by atoms with Crippen LogP contribution in [0.5, 0.6) is 0 Å². The number of aromatic nitrogens is 2. The Morgan fingerprint density at radius 1 is 1.16 bits per heavy atom. The number of thioether (sulfide) groups is 1. The van der Waals surface area contributed by atoms with Crippen molar-refractivity contribution < 1.29 is 0 Å². The lowest BCUT2D eigenvalue weighted by Gasteiger charge is -2.33. The van der Waals surface area contributed by atoms with Crippen molar-refractivity contribution in [3.63, 3.8) is 0 Å². The van der Waals surface area contributed by atoms with E-state index >= 15 is 0 Å². The molecule has 0 bridgehead atoms. The molecular weight excluding hydrogens is 254 g/mol. The molecular formula is C15H25N3S. The predicted molar refractivity (Wildman–Crippen MR) is 81.4 cm³/mol. The summed E-state index contributed by atoms with van der Waals surface area (Å²) >= 11 is 1.84. The summed E-state index contributed by atoms with van der Waals surface area (Å²) in [7, 11) is 0. The van der Waals surface area contributed by atoms with Gasteiger partial charge in [0.2, 0.25) is 0 Å². The van der Waals surface area contributed by atoms with Gasteiger partial charge in [-0.2, -0.15) is 0 Å². The van der Waals surface area contributed by atoms with E-state index in [0.29, 0.717) is 11.2 Å². The zero-order valence-electron chi connectivity index (χ0n) is 12.4. The molecule has 0 aliphatic heterocycles. The molecule has 0 amide bonds. The third kappa shape index (κ3) is 3.48. The zero-order valence-corrected chi connectivity index (χ0v) is 13.3. The van der Waals surface area contributed by atoms with Crippen LogP contribution < -0.4 is 5.73 Å². The molecule has 1 aliphatic rings. The smallest absolute Gasteiger partial charge is 0.188 e. The van der Waals surface area contributed by atoms with Crippen LogP contribution in [0.25, 0.3) is 0 Å². The highest BCUT2D eigenvalue weighted by Gasteiger charge is 2.29. The van der Waals surface area contributed by atoms with E-state index in [1.165, 1.54) is 24.8 Å². The van der Waals surface area contributed by atoms with Crippen LogP contribution in [0.4, 0.5) is 0 Å². The number of aryl methyl sites for hydroxylation is 2. The minimum Gasteiger partial charge on any atom is -0.330 e. The highest BCUT2D eigenvalue weighted by Crippen LogP contribution is 2.38. The maximum absolute atomic E-state index is 5.92. The van der Waals surface area contributed by atoms with Crippen LogP contribution in [0.3, 0.4) is 0 Å². The molecule has 2 rings (SSSR count).